The maximum Gasteiger partial charge on any atom is 0.293 e. The van der Waals surface area contributed by atoms with Crippen LogP contribution in [-0.2, 0) is 10.0 Å². The summed E-state index contributed by atoms with van der Waals surface area (Å²) in [5, 5.41) is 11.1. The fraction of sp³-hybridized carbons (Fsp3) is 0.500. The summed E-state index contributed by atoms with van der Waals surface area (Å²) in [7, 11) is -2.65. The van der Waals surface area contributed by atoms with Crippen LogP contribution in [0.3, 0.4) is 0 Å². The van der Waals surface area contributed by atoms with Crippen LogP contribution < -0.4 is 10.5 Å². The number of rotatable bonds is 4. The molecular formula is C12H17N3O5S. The number of hydrogen-bond acceptors (Lipinski definition) is 6. The van der Waals surface area contributed by atoms with Gasteiger partial charge in [0.15, 0.2) is 4.90 Å². The van der Waals surface area contributed by atoms with E-state index in [0.29, 0.717) is 12.8 Å². The van der Waals surface area contributed by atoms with Crippen LogP contribution >= 0.6 is 0 Å². The minimum absolute atomic E-state index is 0.226. The van der Waals surface area contributed by atoms with Crippen molar-refractivity contribution in [2.45, 2.75) is 30.3 Å². The highest BCUT2D eigenvalue weighted by Gasteiger charge is 2.36. The Morgan fingerprint density at radius 3 is 2.71 bits per heavy atom. The maximum absolute atomic E-state index is 12.6. The number of nitro benzene ring substituents is 1. The molecule has 0 saturated carbocycles. The molecule has 1 unspecified atom stereocenters. The van der Waals surface area contributed by atoms with Gasteiger partial charge < -0.3 is 10.5 Å². The Kier molecular flexibility index (Phi) is 4.45. The van der Waals surface area contributed by atoms with E-state index in [-0.39, 0.29) is 17.2 Å². The van der Waals surface area contributed by atoms with Gasteiger partial charge in [-0.3, -0.25) is 10.1 Å². The third-order valence-corrected chi connectivity index (χ3v) is 5.42. The van der Waals surface area contributed by atoms with E-state index in [1.807, 2.05) is 0 Å². The molecule has 0 amide bonds. The topological polar surface area (TPSA) is 116 Å². The van der Waals surface area contributed by atoms with Crippen molar-refractivity contribution >= 4 is 15.7 Å². The highest BCUT2D eigenvalue weighted by atomic mass is 32.2. The van der Waals surface area contributed by atoms with Gasteiger partial charge >= 0.3 is 0 Å². The Bertz CT molecular complexity index is 646. The lowest BCUT2D eigenvalue weighted by atomic mass is 10.1. The molecule has 9 heteroatoms. The molecular weight excluding hydrogens is 298 g/mol. The van der Waals surface area contributed by atoms with Gasteiger partial charge in [-0.25, -0.2) is 8.42 Å². The maximum atomic E-state index is 12.6. The average molecular weight is 315 g/mol. The van der Waals surface area contributed by atoms with Gasteiger partial charge in [-0.1, -0.05) is 0 Å². The molecule has 2 N–H and O–H groups in total. The smallest absolute Gasteiger partial charge is 0.293 e. The van der Waals surface area contributed by atoms with Gasteiger partial charge in [-0.2, -0.15) is 4.31 Å². The molecule has 0 aromatic heterocycles. The molecule has 0 aliphatic carbocycles. The first-order valence-electron chi connectivity index (χ1n) is 6.48. The van der Waals surface area contributed by atoms with E-state index < -0.39 is 26.8 Å². The van der Waals surface area contributed by atoms with Crippen molar-refractivity contribution in [1.82, 2.24) is 4.31 Å². The molecule has 1 atom stereocenters. The van der Waals surface area contributed by atoms with E-state index in [9.17, 15) is 18.5 Å². The largest absolute Gasteiger partial charge is 0.497 e. The summed E-state index contributed by atoms with van der Waals surface area (Å²) in [5.74, 6) is 0.226. The lowest BCUT2D eigenvalue weighted by Crippen LogP contribution is -2.48. The zero-order valence-corrected chi connectivity index (χ0v) is 12.4. The fourth-order valence-electron chi connectivity index (χ4n) is 2.34. The molecule has 0 spiro atoms. The Morgan fingerprint density at radius 2 is 2.14 bits per heavy atom. The summed E-state index contributed by atoms with van der Waals surface area (Å²) in [6.45, 7) is 0.271. The Labute approximate surface area is 122 Å². The molecule has 1 aromatic carbocycles. The van der Waals surface area contributed by atoms with Crippen molar-refractivity contribution in [2.75, 3.05) is 13.7 Å². The van der Waals surface area contributed by atoms with Gasteiger partial charge in [0.05, 0.1) is 24.3 Å². The summed E-state index contributed by atoms with van der Waals surface area (Å²) in [6.07, 6.45) is 1.43. The SMILES string of the molecule is COc1ccc(S(=O)(=O)N2CCCCC2N)c([N+](=O)[O-])c1. The third kappa shape index (κ3) is 2.99. The summed E-state index contributed by atoms with van der Waals surface area (Å²) < 4.78 is 31.3. The molecule has 1 saturated heterocycles. The third-order valence-electron chi connectivity index (χ3n) is 3.45. The van der Waals surface area contributed by atoms with Crippen molar-refractivity contribution in [3.05, 3.63) is 28.3 Å². The second kappa shape index (κ2) is 5.96. The lowest BCUT2D eigenvalue weighted by Gasteiger charge is -2.31. The van der Waals surface area contributed by atoms with Crippen molar-refractivity contribution in [3.63, 3.8) is 0 Å². The molecule has 1 heterocycles. The first kappa shape index (κ1) is 15.7. The van der Waals surface area contributed by atoms with E-state index in [4.69, 9.17) is 10.5 Å². The molecule has 2 rings (SSSR count). The lowest BCUT2D eigenvalue weighted by molar-refractivity contribution is -0.387. The number of hydrogen-bond donors (Lipinski definition) is 1. The summed E-state index contributed by atoms with van der Waals surface area (Å²) in [4.78, 5) is 10.0. The van der Waals surface area contributed by atoms with E-state index >= 15 is 0 Å². The first-order chi connectivity index (χ1) is 9.87. The second-order valence-electron chi connectivity index (χ2n) is 4.77. The van der Waals surface area contributed by atoms with E-state index in [1.165, 1.54) is 19.2 Å². The van der Waals surface area contributed by atoms with Crippen molar-refractivity contribution in [3.8, 4) is 5.75 Å². The highest BCUT2D eigenvalue weighted by Crippen LogP contribution is 2.32. The minimum Gasteiger partial charge on any atom is -0.497 e. The standard InChI is InChI=1S/C12H17N3O5S/c1-20-9-5-6-11(10(8-9)15(16)17)21(18,19)14-7-3-2-4-12(14)13/h5-6,8,12H,2-4,7,13H2,1H3. The Morgan fingerprint density at radius 1 is 1.43 bits per heavy atom. The van der Waals surface area contributed by atoms with E-state index in [1.54, 1.807) is 0 Å². The van der Waals surface area contributed by atoms with Crippen LogP contribution in [0.1, 0.15) is 19.3 Å². The Balaban J connectivity index is 2.51. The number of nitrogens with zero attached hydrogens (tertiary/aromatic N) is 2. The molecule has 21 heavy (non-hydrogen) atoms. The molecule has 8 nitrogen and oxygen atoms in total. The number of methoxy groups -OCH3 is 1. The van der Waals surface area contributed by atoms with Crippen LogP contribution in [0.25, 0.3) is 0 Å². The van der Waals surface area contributed by atoms with Gasteiger partial charge in [0.1, 0.15) is 5.75 Å². The molecule has 0 radical (unpaired) electrons. The van der Waals surface area contributed by atoms with Gasteiger partial charge in [0.2, 0.25) is 0 Å². The first-order valence-corrected chi connectivity index (χ1v) is 7.92. The monoisotopic (exact) mass is 315 g/mol. The number of sulfonamides is 1. The van der Waals surface area contributed by atoms with Gasteiger partial charge in [-0.15, -0.1) is 0 Å². The minimum atomic E-state index is -4.00. The highest BCUT2D eigenvalue weighted by molar-refractivity contribution is 7.89. The summed E-state index contributed by atoms with van der Waals surface area (Å²) in [6, 6.07) is 3.67. The summed E-state index contributed by atoms with van der Waals surface area (Å²) >= 11 is 0. The number of nitrogens with two attached hydrogens (primary N) is 1. The number of benzene rings is 1. The Hall–Kier alpha value is -1.71. The van der Waals surface area contributed by atoms with Crippen LogP contribution in [0.5, 0.6) is 5.75 Å². The molecule has 0 bridgehead atoms. The molecule has 1 aliphatic heterocycles. The van der Waals surface area contributed by atoms with E-state index in [0.717, 1.165) is 16.8 Å². The zero-order valence-electron chi connectivity index (χ0n) is 11.6. The van der Waals surface area contributed by atoms with E-state index in [2.05, 4.69) is 0 Å². The van der Waals surface area contributed by atoms with Crippen LogP contribution in [0.15, 0.2) is 23.1 Å². The molecule has 116 valence electrons. The quantitative estimate of drug-likeness (QED) is 0.656. The number of piperidine rings is 1. The van der Waals surface area contributed by atoms with Gasteiger partial charge in [-0.05, 0) is 31.4 Å². The second-order valence-corrected chi connectivity index (χ2v) is 6.63. The number of nitro groups is 1. The summed E-state index contributed by atoms with van der Waals surface area (Å²) in [5.41, 5.74) is 5.33. The molecule has 1 fully saturated rings. The number of ether oxygens (including phenoxy) is 1. The van der Waals surface area contributed by atoms with Gasteiger partial charge in [0.25, 0.3) is 15.7 Å². The predicted octanol–water partition coefficient (Wildman–Crippen LogP) is 1.06. The molecule has 1 aromatic rings. The fourth-order valence-corrected chi connectivity index (χ4v) is 4.06. The van der Waals surface area contributed by atoms with Crippen molar-refractivity contribution < 1.29 is 18.1 Å². The van der Waals surface area contributed by atoms with Crippen molar-refractivity contribution in [2.24, 2.45) is 5.73 Å². The van der Waals surface area contributed by atoms with Crippen molar-refractivity contribution in [1.29, 1.82) is 0 Å². The normalized spacial score (nSPS) is 20.2. The van der Waals surface area contributed by atoms with Crippen LogP contribution in [-0.4, -0.2) is 37.5 Å². The average Bonchev–Trinajstić information content (AvgIpc) is 2.46. The van der Waals surface area contributed by atoms with Crippen LogP contribution in [0.2, 0.25) is 0 Å². The molecule has 1 aliphatic rings. The van der Waals surface area contributed by atoms with Crippen LogP contribution in [0.4, 0.5) is 5.69 Å². The zero-order chi connectivity index (χ0) is 15.6. The predicted molar refractivity (Wildman–Crippen MR) is 75.4 cm³/mol. The van der Waals surface area contributed by atoms with Crippen LogP contribution in [0, 0.1) is 10.1 Å². The van der Waals surface area contributed by atoms with Gasteiger partial charge in [0, 0.05) is 6.54 Å².